The highest BCUT2D eigenvalue weighted by atomic mass is 16.3. The smallest absolute Gasteiger partial charge is 0.106 e. The molecule has 1 heterocycles. The predicted octanol–water partition coefficient (Wildman–Crippen LogP) is 3.51. The zero-order chi connectivity index (χ0) is 12.4. The highest BCUT2D eigenvalue weighted by Crippen LogP contribution is 2.27. The first-order valence-corrected chi connectivity index (χ1v) is 5.92. The van der Waals surface area contributed by atoms with Gasteiger partial charge in [-0.2, -0.15) is 0 Å². The third-order valence-electron chi connectivity index (χ3n) is 3.05. The minimum atomic E-state index is 0.201. The lowest BCUT2D eigenvalue weighted by Gasteiger charge is -2.16. The molecule has 0 aliphatic rings. The summed E-state index contributed by atoms with van der Waals surface area (Å²) < 4.78 is 5.61. The van der Waals surface area contributed by atoms with E-state index in [-0.39, 0.29) is 6.04 Å². The van der Waals surface area contributed by atoms with Crippen LogP contribution in [0.4, 0.5) is 0 Å². The molecule has 0 bridgehead atoms. The van der Waals surface area contributed by atoms with Gasteiger partial charge in [-0.05, 0) is 39.4 Å². The highest BCUT2D eigenvalue weighted by Gasteiger charge is 2.17. The van der Waals surface area contributed by atoms with Crippen molar-refractivity contribution >= 4 is 0 Å². The molecule has 17 heavy (non-hydrogen) atoms. The van der Waals surface area contributed by atoms with Gasteiger partial charge in [0.05, 0.1) is 6.04 Å². The second kappa shape index (κ2) is 4.76. The summed E-state index contributed by atoms with van der Waals surface area (Å²) in [5, 5.41) is 3.36. The first kappa shape index (κ1) is 11.9. The van der Waals surface area contributed by atoms with Gasteiger partial charge in [-0.25, -0.2) is 0 Å². The lowest BCUT2D eigenvalue weighted by Crippen LogP contribution is -2.17. The predicted molar refractivity (Wildman–Crippen MR) is 70.3 cm³/mol. The number of rotatable bonds is 3. The Bertz CT molecular complexity index is 513. The van der Waals surface area contributed by atoms with Crippen molar-refractivity contribution in [3.8, 4) is 0 Å². The summed E-state index contributed by atoms with van der Waals surface area (Å²) in [4.78, 5) is 0. The summed E-state index contributed by atoms with van der Waals surface area (Å²) in [5.41, 5.74) is 3.77. The molecule has 1 N–H and O–H groups in total. The number of furan rings is 1. The molecule has 2 aromatic rings. The largest absolute Gasteiger partial charge is 0.466 e. The van der Waals surface area contributed by atoms with Crippen molar-refractivity contribution in [2.75, 3.05) is 7.05 Å². The van der Waals surface area contributed by atoms with E-state index in [4.69, 9.17) is 4.42 Å². The van der Waals surface area contributed by atoms with Crippen molar-refractivity contribution in [1.29, 1.82) is 0 Å². The molecule has 0 fully saturated rings. The summed E-state index contributed by atoms with van der Waals surface area (Å²) >= 11 is 0. The standard InChI is InChI=1S/C15H19NO/c1-10-6-5-7-13(8-10)15(16-4)14-9-11(2)17-12(14)3/h5-9,15-16H,1-4H3. The van der Waals surface area contributed by atoms with Gasteiger partial charge in [0, 0.05) is 5.56 Å². The molecule has 0 aliphatic carbocycles. The van der Waals surface area contributed by atoms with Crippen molar-refractivity contribution in [2.24, 2.45) is 0 Å². The van der Waals surface area contributed by atoms with Crippen LogP contribution in [0.1, 0.15) is 34.3 Å². The normalized spacial score (nSPS) is 12.7. The summed E-state index contributed by atoms with van der Waals surface area (Å²) in [5.74, 6) is 1.95. The molecule has 2 rings (SSSR count). The van der Waals surface area contributed by atoms with Gasteiger partial charge in [-0.3, -0.25) is 0 Å². The molecule has 1 unspecified atom stereocenters. The molecule has 0 aliphatic heterocycles. The minimum Gasteiger partial charge on any atom is -0.466 e. The van der Waals surface area contributed by atoms with Crippen molar-refractivity contribution < 1.29 is 4.42 Å². The Balaban J connectivity index is 2.43. The Morgan fingerprint density at radius 2 is 1.88 bits per heavy atom. The number of hydrogen-bond acceptors (Lipinski definition) is 2. The summed E-state index contributed by atoms with van der Waals surface area (Å²) in [7, 11) is 1.98. The second-order valence-electron chi connectivity index (χ2n) is 4.50. The van der Waals surface area contributed by atoms with Gasteiger partial charge in [0.15, 0.2) is 0 Å². The SMILES string of the molecule is CNC(c1cccc(C)c1)c1cc(C)oc1C. The summed E-state index contributed by atoms with van der Waals surface area (Å²) in [6, 6.07) is 10.9. The van der Waals surface area contributed by atoms with Crippen LogP contribution in [0.15, 0.2) is 34.7 Å². The van der Waals surface area contributed by atoms with Crippen molar-refractivity contribution in [3.63, 3.8) is 0 Å². The molecule has 2 heteroatoms. The molecule has 0 saturated heterocycles. The molecule has 0 saturated carbocycles. The van der Waals surface area contributed by atoms with Crippen LogP contribution in [0.2, 0.25) is 0 Å². The van der Waals surface area contributed by atoms with Crippen molar-refractivity contribution in [2.45, 2.75) is 26.8 Å². The fraction of sp³-hybridized carbons (Fsp3) is 0.333. The maximum absolute atomic E-state index is 5.61. The second-order valence-corrected chi connectivity index (χ2v) is 4.50. The molecule has 0 amide bonds. The molecular weight excluding hydrogens is 210 g/mol. The van der Waals surface area contributed by atoms with Crippen LogP contribution < -0.4 is 5.32 Å². The van der Waals surface area contributed by atoms with E-state index in [1.165, 1.54) is 16.7 Å². The molecule has 1 aromatic heterocycles. The number of nitrogens with one attached hydrogen (secondary N) is 1. The first-order chi connectivity index (χ1) is 8.11. The maximum Gasteiger partial charge on any atom is 0.106 e. The number of aryl methyl sites for hydroxylation is 3. The molecule has 0 spiro atoms. The zero-order valence-electron chi connectivity index (χ0n) is 10.9. The Labute approximate surface area is 103 Å². The topological polar surface area (TPSA) is 25.2 Å². The number of hydrogen-bond donors (Lipinski definition) is 1. The van der Waals surface area contributed by atoms with Crippen LogP contribution in [0, 0.1) is 20.8 Å². The van der Waals surface area contributed by atoms with Crippen molar-refractivity contribution in [3.05, 3.63) is 58.5 Å². The summed E-state index contributed by atoms with van der Waals surface area (Å²) in [6.07, 6.45) is 0. The van der Waals surface area contributed by atoms with Crippen LogP contribution in [0.25, 0.3) is 0 Å². The van der Waals surface area contributed by atoms with Crippen molar-refractivity contribution in [1.82, 2.24) is 5.32 Å². The molecule has 2 nitrogen and oxygen atoms in total. The molecule has 1 atom stereocenters. The molecule has 0 radical (unpaired) electrons. The van der Waals surface area contributed by atoms with Gasteiger partial charge in [0.25, 0.3) is 0 Å². The van der Waals surface area contributed by atoms with E-state index in [1.54, 1.807) is 0 Å². The quantitative estimate of drug-likeness (QED) is 0.871. The van der Waals surface area contributed by atoms with Crippen LogP contribution in [-0.4, -0.2) is 7.05 Å². The Morgan fingerprint density at radius 1 is 1.12 bits per heavy atom. The lowest BCUT2D eigenvalue weighted by molar-refractivity contribution is 0.497. The van der Waals surface area contributed by atoms with E-state index >= 15 is 0 Å². The molecule has 90 valence electrons. The first-order valence-electron chi connectivity index (χ1n) is 5.92. The van der Waals surface area contributed by atoms with E-state index < -0.39 is 0 Å². The van der Waals surface area contributed by atoms with Crippen LogP contribution in [-0.2, 0) is 0 Å². The monoisotopic (exact) mass is 229 g/mol. The van der Waals surface area contributed by atoms with Gasteiger partial charge in [-0.15, -0.1) is 0 Å². The van der Waals surface area contributed by atoms with E-state index in [0.29, 0.717) is 0 Å². The van der Waals surface area contributed by atoms with Gasteiger partial charge >= 0.3 is 0 Å². The fourth-order valence-electron chi connectivity index (χ4n) is 2.29. The highest BCUT2D eigenvalue weighted by molar-refractivity contribution is 5.36. The van der Waals surface area contributed by atoms with E-state index in [9.17, 15) is 0 Å². The summed E-state index contributed by atoms with van der Waals surface area (Å²) in [6.45, 7) is 6.12. The molecular formula is C15H19NO. The van der Waals surface area contributed by atoms with Gasteiger partial charge < -0.3 is 9.73 Å². The van der Waals surface area contributed by atoms with Gasteiger partial charge in [0.2, 0.25) is 0 Å². The van der Waals surface area contributed by atoms with E-state index in [0.717, 1.165) is 11.5 Å². The molecule has 1 aromatic carbocycles. The number of benzene rings is 1. The van der Waals surface area contributed by atoms with Crippen LogP contribution in [0.3, 0.4) is 0 Å². The zero-order valence-corrected chi connectivity index (χ0v) is 10.9. The Hall–Kier alpha value is -1.54. The van der Waals surface area contributed by atoms with E-state index in [1.807, 2.05) is 20.9 Å². The van der Waals surface area contributed by atoms with Gasteiger partial charge in [-0.1, -0.05) is 29.8 Å². The average molecular weight is 229 g/mol. The Kier molecular flexibility index (Phi) is 3.34. The van der Waals surface area contributed by atoms with Crippen LogP contribution >= 0.6 is 0 Å². The van der Waals surface area contributed by atoms with Gasteiger partial charge in [0.1, 0.15) is 11.5 Å². The average Bonchev–Trinajstić information content (AvgIpc) is 2.59. The Morgan fingerprint density at radius 3 is 2.41 bits per heavy atom. The maximum atomic E-state index is 5.61. The van der Waals surface area contributed by atoms with Crippen LogP contribution in [0.5, 0.6) is 0 Å². The fourth-order valence-corrected chi connectivity index (χ4v) is 2.29. The third kappa shape index (κ3) is 2.42. The lowest BCUT2D eigenvalue weighted by atomic mass is 9.98. The third-order valence-corrected chi connectivity index (χ3v) is 3.05. The van der Waals surface area contributed by atoms with E-state index in [2.05, 4.69) is 42.6 Å². The minimum absolute atomic E-state index is 0.201.